The summed E-state index contributed by atoms with van der Waals surface area (Å²) < 4.78 is 5.68. The van der Waals surface area contributed by atoms with E-state index in [1.165, 1.54) is 13.0 Å². The van der Waals surface area contributed by atoms with E-state index in [-0.39, 0.29) is 5.91 Å². The zero-order chi connectivity index (χ0) is 21.7. The molecule has 2 unspecified atom stereocenters. The SMILES string of the molecule is CC(C)COc1ccc(C(=O)Nc2ccc(N(C)CC3C(C)CCN3C)cc2)cc1. The Hall–Kier alpha value is -2.53. The lowest BCUT2D eigenvalue weighted by Crippen LogP contribution is -2.39. The summed E-state index contributed by atoms with van der Waals surface area (Å²) in [6.45, 7) is 9.41. The highest BCUT2D eigenvalue weighted by Crippen LogP contribution is 2.25. The minimum atomic E-state index is -0.118. The second kappa shape index (κ2) is 9.98. The van der Waals surface area contributed by atoms with Crippen molar-refractivity contribution >= 4 is 17.3 Å². The molecule has 1 heterocycles. The normalized spacial score (nSPS) is 19.1. The molecule has 3 rings (SSSR count). The molecule has 1 fully saturated rings. The maximum absolute atomic E-state index is 12.5. The second-order valence-corrected chi connectivity index (χ2v) is 8.92. The van der Waals surface area contributed by atoms with Gasteiger partial charge in [0, 0.05) is 36.6 Å². The fourth-order valence-electron chi connectivity index (χ4n) is 3.87. The standard InChI is InChI=1S/C25H35N3O2/c1-18(2)17-30-23-12-6-20(7-13-23)25(29)26-21-8-10-22(11-9-21)28(5)16-24-19(3)14-15-27(24)4/h6-13,18-19,24H,14-17H2,1-5H3,(H,26,29). The number of carbonyl (C=O) groups is 1. The van der Waals surface area contributed by atoms with Gasteiger partial charge in [0.05, 0.1) is 6.61 Å². The van der Waals surface area contributed by atoms with Crippen LogP contribution in [0.4, 0.5) is 11.4 Å². The minimum absolute atomic E-state index is 0.118. The van der Waals surface area contributed by atoms with Crippen LogP contribution in [0.15, 0.2) is 48.5 Å². The summed E-state index contributed by atoms with van der Waals surface area (Å²) in [6.07, 6.45) is 1.27. The third kappa shape index (κ3) is 5.76. The lowest BCUT2D eigenvalue weighted by Gasteiger charge is -2.29. The molecule has 1 aliphatic rings. The number of nitrogens with one attached hydrogen (secondary N) is 1. The molecule has 0 aliphatic carbocycles. The highest BCUT2D eigenvalue weighted by atomic mass is 16.5. The van der Waals surface area contributed by atoms with Gasteiger partial charge in [-0.1, -0.05) is 20.8 Å². The summed E-state index contributed by atoms with van der Waals surface area (Å²) >= 11 is 0. The van der Waals surface area contributed by atoms with E-state index in [1.54, 1.807) is 12.1 Å². The average Bonchev–Trinajstić information content (AvgIpc) is 3.05. The number of likely N-dealkylation sites (N-methyl/N-ethyl adjacent to an activating group) is 2. The lowest BCUT2D eigenvalue weighted by atomic mass is 10.0. The van der Waals surface area contributed by atoms with Crippen LogP contribution in [-0.2, 0) is 0 Å². The molecule has 5 heteroatoms. The van der Waals surface area contributed by atoms with Crippen molar-refractivity contribution in [2.45, 2.75) is 33.2 Å². The summed E-state index contributed by atoms with van der Waals surface area (Å²) in [4.78, 5) is 17.3. The third-order valence-corrected chi connectivity index (χ3v) is 5.89. The number of benzene rings is 2. The first-order valence-electron chi connectivity index (χ1n) is 10.9. The molecule has 0 radical (unpaired) electrons. The smallest absolute Gasteiger partial charge is 0.255 e. The number of carbonyl (C=O) groups excluding carboxylic acids is 1. The third-order valence-electron chi connectivity index (χ3n) is 5.89. The monoisotopic (exact) mass is 409 g/mol. The molecule has 0 bridgehead atoms. The molecule has 1 amide bonds. The predicted octanol–water partition coefficient (Wildman–Crippen LogP) is 4.75. The van der Waals surface area contributed by atoms with Gasteiger partial charge >= 0.3 is 0 Å². The Morgan fingerprint density at radius 1 is 1.17 bits per heavy atom. The molecule has 1 saturated heterocycles. The van der Waals surface area contributed by atoms with Gasteiger partial charge in [-0.3, -0.25) is 4.79 Å². The average molecular weight is 410 g/mol. The van der Waals surface area contributed by atoms with E-state index >= 15 is 0 Å². The van der Waals surface area contributed by atoms with Gasteiger partial charge in [0.2, 0.25) is 0 Å². The Balaban J connectivity index is 1.55. The first-order valence-corrected chi connectivity index (χ1v) is 10.9. The maximum atomic E-state index is 12.5. The van der Waals surface area contributed by atoms with E-state index in [2.05, 4.69) is 62.1 Å². The molecule has 5 nitrogen and oxygen atoms in total. The Kier molecular flexibility index (Phi) is 7.38. The van der Waals surface area contributed by atoms with Crippen LogP contribution in [0.25, 0.3) is 0 Å². The summed E-state index contributed by atoms with van der Waals surface area (Å²) in [6, 6.07) is 15.9. The first-order chi connectivity index (χ1) is 14.3. The van der Waals surface area contributed by atoms with Crippen LogP contribution < -0.4 is 15.0 Å². The van der Waals surface area contributed by atoms with Crippen molar-refractivity contribution in [1.82, 2.24) is 4.90 Å². The largest absolute Gasteiger partial charge is 0.493 e. The van der Waals surface area contributed by atoms with Crippen molar-refractivity contribution in [1.29, 1.82) is 0 Å². The van der Waals surface area contributed by atoms with Gasteiger partial charge in [0.15, 0.2) is 0 Å². The van der Waals surface area contributed by atoms with E-state index in [0.29, 0.717) is 24.1 Å². The fraction of sp³-hybridized carbons (Fsp3) is 0.480. The van der Waals surface area contributed by atoms with Gasteiger partial charge in [-0.2, -0.15) is 0 Å². The van der Waals surface area contributed by atoms with Crippen LogP contribution in [0.1, 0.15) is 37.6 Å². The number of hydrogen-bond donors (Lipinski definition) is 1. The molecule has 2 aromatic carbocycles. The molecule has 0 saturated carbocycles. The Labute approximate surface area is 181 Å². The van der Waals surface area contributed by atoms with Gasteiger partial charge in [-0.05, 0) is 80.4 Å². The summed E-state index contributed by atoms with van der Waals surface area (Å²) in [5.74, 6) is 1.86. The number of amides is 1. The van der Waals surface area contributed by atoms with Crippen molar-refractivity contribution in [3.63, 3.8) is 0 Å². The summed E-state index contributed by atoms with van der Waals surface area (Å²) in [5, 5.41) is 2.97. The van der Waals surface area contributed by atoms with Crippen molar-refractivity contribution in [3.8, 4) is 5.75 Å². The first kappa shape index (κ1) is 22.2. The number of nitrogens with zero attached hydrogens (tertiary/aromatic N) is 2. The highest BCUT2D eigenvalue weighted by Gasteiger charge is 2.29. The van der Waals surface area contributed by atoms with Crippen molar-refractivity contribution < 1.29 is 9.53 Å². The quantitative estimate of drug-likeness (QED) is 0.683. The van der Waals surface area contributed by atoms with Crippen LogP contribution in [0.2, 0.25) is 0 Å². The molecular formula is C25H35N3O2. The Bertz CT molecular complexity index is 807. The van der Waals surface area contributed by atoms with Crippen LogP contribution in [-0.4, -0.2) is 50.6 Å². The molecular weight excluding hydrogens is 374 g/mol. The second-order valence-electron chi connectivity index (χ2n) is 8.92. The fourth-order valence-corrected chi connectivity index (χ4v) is 3.87. The number of anilines is 2. The highest BCUT2D eigenvalue weighted by molar-refractivity contribution is 6.04. The Morgan fingerprint density at radius 2 is 1.83 bits per heavy atom. The zero-order valence-electron chi connectivity index (χ0n) is 18.9. The number of ether oxygens (including phenoxy) is 1. The molecule has 2 atom stereocenters. The van der Waals surface area contributed by atoms with Gasteiger partial charge < -0.3 is 19.9 Å². The van der Waals surface area contributed by atoms with Crippen molar-refractivity contribution in [2.75, 3.05) is 44.0 Å². The van der Waals surface area contributed by atoms with E-state index in [9.17, 15) is 4.79 Å². The molecule has 0 aromatic heterocycles. The number of hydrogen-bond acceptors (Lipinski definition) is 4. The van der Waals surface area contributed by atoms with E-state index < -0.39 is 0 Å². The van der Waals surface area contributed by atoms with Crippen molar-refractivity contribution in [3.05, 3.63) is 54.1 Å². The molecule has 1 aliphatic heterocycles. The molecule has 1 N–H and O–H groups in total. The van der Waals surface area contributed by atoms with Gasteiger partial charge in [0.25, 0.3) is 5.91 Å². The minimum Gasteiger partial charge on any atom is -0.493 e. The summed E-state index contributed by atoms with van der Waals surface area (Å²) in [5.41, 5.74) is 2.57. The lowest BCUT2D eigenvalue weighted by molar-refractivity contribution is 0.102. The van der Waals surface area contributed by atoms with Gasteiger partial charge in [-0.15, -0.1) is 0 Å². The number of likely N-dealkylation sites (tertiary alicyclic amines) is 1. The molecule has 30 heavy (non-hydrogen) atoms. The van der Waals surface area contributed by atoms with Crippen LogP contribution >= 0.6 is 0 Å². The van der Waals surface area contributed by atoms with E-state index in [4.69, 9.17) is 4.74 Å². The van der Waals surface area contributed by atoms with Crippen molar-refractivity contribution in [2.24, 2.45) is 11.8 Å². The van der Waals surface area contributed by atoms with Crippen LogP contribution in [0.3, 0.4) is 0 Å². The molecule has 0 spiro atoms. The summed E-state index contributed by atoms with van der Waals surface area (Å²) in [7, 11) is 4.35. The molecule has 2 aromatic rings. The van der Waals surface area contributed by atoms with Crippen LogP contribution in [0, 0.1) is 11.8 Å². The predicted molar refractivity (Wildman–Crippen MR) is 125 cm³/mol. The Morgan fingerprint density at radius 3 is 2.40 bits per heavy atom. The van der Waals surface area contributed by atoms with E-state index in [0.717, 1.165) is 29.6 Å². The van der Waals surface area contributed by atoms with E-state index in [1.807, 2.05) is 24.3 Å². The zero-order valence-corrected chi connectivity index (χ0v) is 18.9. The number of rotatable bonds is 8. The molecule has 162 valence electrons. The van der Waals surface area contributed by atoms with Gasteiger partial charge in [-0.25, -0.2) is 0 Å². The van der Waals surface area contributed by atoms with Crippen LogP contribution in [0.5, 0.6) is 5.75 Å². The van der Waals surface area contributed by atoms with Gasteiger partial charge in [0.1, 0.15) is 5.75 Å². The topological polar surface area (TPSA) is 44.8 Å². The maximum Gasteiger partial charge on any atom is 0.255 e.